The van der Waals surface area contributed by atoms with E-state index in [1.165, 1.54) is 18.3 Å². The molecule has 0 radical (unpaired) electrons. The summed E-state index contributed by atoms with van der Waals surface area (Å²) >= 11 is 7.53. The topological polar surface area (TPSA) is 75.6 Å². The number of halogens is 1. The second-order valence-electron chi connectivity index (χ2n) is 5.04. The maximum Gasteiger partial charge on any atom is 0.314 e. The van der Waals surface area contributed by atoms with Crippen LogP contribution in [0.5, 0.6) is 0 Å². The molecule has 1 atom stereocenters. The number of rotatable bonds is 6. The molecule has 0 aliphatic rings. The molecule has 0 saturated carbocycles. The van der Waals surface area contributed by atoms with Gasteiger partial charge in [-0.1, -0.05) is 17.7 Å². The summed E-state index contributed by atoms with van der Waals surface area (Å²) in [5, 5.41) is 16.6. The Balaban J connectivity index is 2.28. The molecule has 2 rings (SSSR count). The van der Waals surface area contributed by atoms with Crippen LogP contribution in [0, 0.1) is 6.92 Å². The summed E-state index contributed by atoms with van der Waals surface area (Å²) in [6.07, 6.45) is 0. The molecule has 122 valence electrons. The van der Waals surface area contributed by atoms with Gasteiger partial charge in [-0.2, -0.15) is 0 Å². The number of aryl methyl sites for hydroxylation is 1. The van der Waals surface area contributed by atoms with Gasteiger partial charge in [-0.3, -0.25) is 9.59 Å². The summed E-state index contributed by atoms with van der Waals surface area (Å²) in [5.74, 6) is -2.50. The number of carbonyl (C=O) groups is 2. The molecule has 0 saturated heterocycles. The first-order valence-electron chi connectivity index (χ1n) is 6.84. The van der Waals surface area contributed by atoms with Crippen LogP contribution in [0.1, 0.15) is 24.0 Å². The first kappa shape index (κ1) is 17.3. The minimum absolute atomic E-state index is 0.211. The van der Waals surface area contributed by atoms with Gasteiger partial charge < -0.3 is 15.2 Å². The van der Waals surface area contributed by atoms with Crippen molar-refractivity contribution in [1.29, 1.82) is 0 Å². The van der Waals surface area contributed by atoms with E-state index in [9.17, 15) is 14.7 Å². The van der Waals surface area contributed by atoms with Crippen molar-refractivity contribution in [1.82, 2.24) is 0 Å². The number of hydrogen-bond acceptors (Lipinski definition) is 5. The van der Waals surface area contributed by atoms with Crippen molar-refractivity contribution in [2.75, 3.05) is 11.9 Å². The molecule has 1 heterocycles. The predicted octanol–water partition coefficient (Wildman–Crippen LogP) is 4.18. The molecule has 2 N–H and O–H groups in total. The Hall–Kier alpha value is -2.05. The van der Waals surface area contributed by atoms with E-state index in [2.05, 4.69) is 5.32 Å². The molecule has 7 heteroatoms. The lowest BCUT2D eigenvalue weighted by Gasteiger charge is -2.15. The molecule has 2 aromatic rings. The monoisotopic (exact) mass is 353 g/mol. The predicted molar refractivity (Wildman–Crippen MR) is 90.8 cm³/mol. The second-order valence-corrected chi connectivity index (χ2v) is 6.19. The van der Waals surface area contributed by atoms with Crippen LogP contribution in [0.4, 0.5) is 11.4 Å². The molecule has 0 aliphatic heterocycles. The third-order valence-corrected chi connectivity index (χ3v) is 4.30. The maximum atomic E-state index is 11.5. The van der Waals surface area contributed by atoms with Gasteiger partial charge in [-0.25, -0.2) is 0 Å². The molecule has 23 heavy (non-hydrogen) atoms. The molecule has 0 fully saturated rings. The Morgan fingerprint density at radius 2 is 2.09 bits per heavy atom. The quantitative estimate of drug-likeness (QED) is 0.762. The molecule has 1 unspecified atom stereocenters. The standard InChI is InChI=1S/C16H16ClNO4S/c1-9-3-4-13(17)14(5-9)18-15-8-23-7-12(15)11(16(20)21)6-22-10(2)19/h3-5,7-8,11,18H,6H2,1-2H3,(H,20,21). The van der Waals surface area contributed by atoms with Gasteiger partial charge in [-0.15, -0.1) is 11.3 Å². The first-order valence-corrected chi connectivity index (χ1v) is 8.16. The number of ether oxygens (including phenoxy) is 1. The molecule has 5 nitrogen and oxygen atoms in total. The van der Waals surface area contributed by atoms with Crippen molar-refractivity contribution < 1.29 is 19.4 Å². The number of carboxylic acid groups (broad SMARTS) is 1. The molecular formula is C16H16ClNO4S. The average Bonchev–Trinajstić information content (AvgIpc) is 2.90. The van der Waals surface area contributed by atoms with E-state index < -0.39 is 17.9 Å². The number of esters is 1. The molecule has 0 spiro atoms. The van der Waals surface area contributed by atoms with Crippen LogP contribution in [0.2, 0.25) is 5.02 Å². The van der Waals surface area contributed by atoms with Crippen molar-refractivity contribution in [2.24, 2.45) is 0 Å². The van der Waals surface area contributed by atoms with E-state index in [0.29, 0.717) is 22.0 Å². The summed E-state index contributed by atoms with van der Waals surface area (Å²) in [5.41, 5.74) is 2.93. The zero-order chi connectivity index (χ0) is 17.0. The summed E-state index contributed by atoms with van der Waals surface area (Å²) in [6, 6.07) is 5.55. The fraction of sp³-hybridized carbons (Fsp3) is 0.250. The summed E-state index contributed by atoms with van der Waals surface area (Å²) < 4.78 is 4.87. The van der Waals surface area contributed by atoms with Crippen LogP contribution < -0.4 is 5.32 Å². The Morgan fingerprint density at radius 1 is 1.35 bits per heavy atom. The van der Waals surface area contributed by atoms with Crippen LogP contribution in [0.25, 0.3) is 0 Å². The number of hydrogen-bond donors (Lipinski definition) is 2. The number of thiophene rings is 1. The van der Waals surface area contributed by atoms with Crippen LogP contribution >= 0.6 is 22.9 Å². The molecule has 1 aromatic carbocycles. The molecule has 0 bridgehead atoms. The van der Waals surface area contributed by atoms with Gasteiger partial charge in [0.25, 0.3) is 0 Å². The van der Waals surface area contributed by atoms with E-state index in [-0.39, 0.29) is 6.61 Å². The number of nitrogens with one attached hydrogen (secondary N) is 1. The number of carbonyl (C=O) groups excluding carboxylic acids is 1. The van der Waals surface area contributed by atoms with Crippen LogP contribution in [-0.4, -0.2) is 23.7 Å². The maximum absolute atomic E-state index is 11.5. The molecule has 0 aliphatic carbocycles. The summed E-state index contributed by atoms with van der Waals surface area (Å²) in [7, 11) is 0. The van der Waals surface area contributed by atoms with Crippen molar-refractivity contribution in [2.45, 2.75) is 19.8 Å². The highest BCUT2D eigenvalue weighted by Gasteiger charge is 2.25. The minimum atomic E-state index is -1.05. The van der Waals surface area contributed by atoms with Gasteiger partial charge in [-0.05, 0) is 30.0 Å². The fourth-order valence-corrected chi connectivity index (χ4v) is 3.05. The Morgan fingerprint density at radius 3 is 2.74 bits per heavy atom. The summed E-state index contributed by atoms with van der Waals surface area (Å²) in [6.45, 7) is 2.98. The van der Waals surface area contributed by atoms with E-state index in [0.717, 1.165) is 5.56 Å². The van der Waals surface area contributed by atoms with Crippen molar-refractivity contribution in [3.05, 3.63) is 45.1 Å². The SMILES string of the molecule is CC(=O)OCC(C(=O)O)c1cscc1Nc1cc(C)ccc1Cl. The van der Waals surface area contributed by atoms with Gasteiger partial charge in [0.2, 0.25) is 0 Å². The number of benzene rings is 1. The number of carboxylic acids is 1. The van der Waals surface area contributed by atoms with E-state index in [1.54, 1.807) is 16.8 Å². The van der Waals surface area contributed by atoms with Crippen LogP contribution in [0.15, 0.2) is 29.0 Å². The Kier molecular flexibility index (Phi) is 5.63. The largest absolute Gasteiger partial charge is 0.481 e. The van der Waals surface area contributed by atoms with Gasteiger partial charge in [0.1, 0.15) is 12.5 Å². The molecular weight excluding hydrogens is 338 g/mol. The average molecular weight is 354 g/mol. The normalized spacial score (nSPS) is 11.8. The third kappa shape index (κ3) is 4.46. The zero-order valence-corrected chi connectivity index (χ0v) is 14.2. The van der Waals surface area contributed by atoms with Crippen LogP contribution in [-0.2, 0) is 14.3 Å². The Labute approximate surface area is 142 Å². The van der Waals surface area contributed by atoms with Gasteiger partial charge in [0.05, 0.1) is 16.4 Å². The lowest BCUT2D eigenvalue weighted by atomic mass is 10.0. The van der Waals surface area contributed by atoms with E-state index in [1.807, 2.05) is 19.1 Å². The van der Waals surface area contributed by atoms with Gasteiger partial charge >= 0.3 is 11.9 Å². The highest BCUT2D eigenvalue weighted by atomic mass is 35.5. The van der Waals surface area contributed by atoms with E-state index in [4.69, 9.17) is 16.3 Å². The highest BCUT2D eigenvalue weighted by molar-refractivity contribution is 7.08. The lowest BCUT2D eigenvalue weighted by Crippen LogP contribution is -2.19. The number of anilines is 2. The fourth-order valence-electron chi connectivity index (χ4n) is 2.05. The highest BCUT2D eigenvalue weighted by Crippen LogP contribution is 2.34. The van der Waals surface area contributed by atoms with Crippen LogP contribution in [0.3, 0.4) is 0 Å². The Bertz CT molecular complexity index is 729. The molecule has 1 aromatic heterocycles. The zero-order valence-electron chi connectivity index (χ0n) is 12.6. The summed E-state index contributed by atoms with van der Waals surface area (Å²) in [4.78, 5) is 22.4. The van der Waals surface area contributed by atoms with Crippen molar-refractivity contribution in [3.63, 3.8) is 0 Å². The molecule has 0 amide bonds. The first-order chi connectivity index (χ1) is 10.9. The number of aliphatic carboxylic acids is 1. The van der Waals surface area contributed by atoms with E-state index >= 15 is 0 Å². The van der Waals surface area contributed by atoms with Gasteiger partial charge in [0, 0.05) is 17.9 Å². The lowest BCUT2D eigenvalue weighted by molar-refractivity contribution is -0.146. The van der Waals surface area contributed by atoms with Crippen molar-refractivity contribution >= 4 is 46.3 Å². The van der Waals surface area contributed by atoms with Gasteiger partial charge in [0.15, 0.2) is 0 Å². The smallest absolute Gasteiger partial charge is 0.314 e. The second kappa shape index (κ2) is 7.48. The third-order valence-electron chi connectivity index (χ3n) is 3.21. The van der Waals surface area contributed by atoms with Crippen molar-refractivity contribution in [3.8, 4) is 0 Å². The minimum Gasteiger partial charge on any atom is -0.481 e.